The first-order valence-electron chi connectivity index (χ1n) is 8.64. The second-order valence-electron chi connectivity index (χ2n) is 6.55. The van der Waals surface area contributed by atoms with Gasteiger partial charge in [0.1, 0.15) is 0 Å². The van der Waals surface area contributed by atoms with Gasteiger partial charge in [0.25, 0.3) is 17.7 Å². The molecule has 10 heteroatoms. The average Bonchev–Trinajstić information content (AvgIpc) is 2.91. The van der Waals surface area contributed by atoms with Crippen molar-refractivity contribution in [3.63, 3.8) is 0 Å². The number of alkyl halides is 3. The van der Waals surface area contributed by atoms with Crippen LogP contribution in [-0.2, 0) is 15.7 Å². The first-order valence-corrected chi connectivity index (χ1v) is 8.64. The van der Waals surface area contributed by atoms with Crippen LogP contribution in [0.5, 0.6) is 0 Å². The van der Waals surface area contributed by atoms with Gasteiger partial charge in [0.05, 0.1) is 22.3 Å². The standard InChI is InChI=1S/C20H15F3N2O5/c1-10(16(26)24-13-5-3-4-12(9-13)20(21,22)23)30-19(29)11-6-7-14-15(8-11)18(28)25(2)17(14)27/h3-10H,1-2H3,(H,24,26). The van der Waals surface area contributed by atoms with E-state index in [4.69, 9.17) is 4.74 Å². The Labute approximate surface area is 168 Å². The van der Waals surface area contributed by atoms with Gasteiger partial charge in [-0.3, -0.25) is 19.3 Å². The fourth-order valence-electron chi connectivity index (χ4n) is 2.79. The number of amides is 3. The maximum absolute atomic E-state index is 12.8. The number of carbonyl (C=O) groups excluding carboxylic acids is 4. The molecule has 1 aliphatic heterocycles. The van der Waals surface area contributed by atoms with Crippen LogP contribution in [0, 0.1) is 0 Å². The zero-order valence-electron chi connectivity index (χ0n) is 15.7. The zero-order chi connectivity index (χ0) is 22.2. The van der Waals surface area contributed by atoms with E-state index in [1.54, 1.807) is 0 Å². The first-order chi connectivity index (χ1) is 14.0. The second kappa shape index (κ2) is 7.62. The number of nitrogens with one attached hydrogen (secondary N) is 1. The Hall–Kier alpha value is -3.69. The molecule has 2 aromatic rings. The van der Waals surface area contributed by atoms with Crippen LogP contribution in [0.15, 0.2) is 42.5 Å². The Bertz CT molecular complexity index is 1060. The van der Waals surface area contributed by atoms with Crippen LogP contribution in [0.1, 0.15) is 43.6 Å². The monoisotopic (exact) mass is 420 g/mol. The second-order valence-corrected chi connectivity index (χ2v) is 6.55. The van der Waals surface area contributed by atoms with Crippen molar-refractivity contribution in [2.75, 3.05) is 12.4 Å². The van der Waals surface area contributed by atoms with Gasteiger partial charge < -0.3 is 10.1 Å². The van der Waals surface area contributed by atoms with E-state index in [0.29, 0.717) is 0 Å². The molecule has 0 radical (unpaired) electrons. The quantitative estimate of drug-likeness (QED) is 0.606. The van der Waals surface area contributed by atoms with Crippen molar-refractivity contribution < 1.29 is 37.1 Å². The van der Waals surface area contributed by atoms with Gasteiger partial charge in [0.2, 0.25) is 0 Å². The molecule has 0 aromatic heterocycles. The maximum atomic E-state index is 12.8. The number of halogens is 3. The van der Waals surface area contributed by atoms with Gasteiger partial charge in [-0.25, -0.2) is 4.79 Å². The van der Waals surface area contributed by atoms with Crippen molar-refractivity contribution in [2.45, 2.75) is 19.2 Å². The average molecular weight is 420 g/mol. The lowest BCUT2D eigenvalue weighted by Crippen LogP contribution is -2.30. The number of ether oxygens (including phenoxy) is 1. The number of carbonyl (C=O) groups is 4. The predicted octanol–water partition coefficient (Wildman–Crippen LogP) is 3.12. The van der Waals surface area contributed by atoms with Gasteiger partial charge >= 0.3 is 12.1 Å². The van der Waals surface area contributed by atoms with Crippen LogP contribution in [0.25, 0.3) is 0 Å². The third-order valence-corrected chi connectivity index (χ3v) is 4.44. The summed E-state index contributed by atoms with van der Waals surface area (Å²) in [6.45, 7) is 1.25. The molecule has 0 saturated heterocycles. The van der Waals surface area contributed by atoms with Crippen molar-refractivity contribution >= 4 is 29.4 Å². The third kappa shape index (κ3) is 4.02. The van der Waals surface area contributed by atoms with Crippen molar-refractivity contribution in [1.82, 2.24) is 4.90 Å². The molecule has 3 rings (SSSR count). The Morgan fingerprint density at radius 3 is 2.37 bits per heavy atom. The van der Waals surface area contributed by atoms with Gasteiger partial charge in [-0.05, 0) is 43.3 Å². The molecule has 3 amide bonds. The number of nitrogens with zero attached hydrogens (tertiary/aromatic N) is 1. The van der Waals surface area contributed by atoms with Crippen LogP contribution >= 0.6 is 0 Å². The van der Waals surface area contributed by atoms with E-state index < -0.39 is 41.5 Å². The van der Waals surface area contributed by atoms with E-state index in [1.165, 1.54) is 38.2 Å². The van der Waals surface area contributed by atoms with Crippen LogP contribution in [0.3, 0.4) is 0 Å². The Kier molecular flexibility index (Phi) is 5.34. The fourth-order valence-corrected chi connectivity index (χ4v) is 2.79. The molecule has 1 aliphatic rings. The topological polar surface area (TPSA) is 92.8 Å². The molecule has 0 fully saturated rings. The van der Waals surface area contributed by atoms with E-state index in [1.807, 2.05) is 0 Å². The molecule has 156 valence electrons. The summed E-state index contributed by atoms with van der Waals surface area (Å²) in [6.07, 6.45) is -5.90. The Morgan fingerprint density at radius 2 is 1.70 bits per heavy atom. The number of esters is 1. The number of anilines is 1. The molecule has 1 heterocycles. The molecule has 1 unspecified atom stereocenters. The summed E-state index contributed by atoms with van der Waals surface area (Å²) >= 11 is 0. The van der Waals surface area contributed by atoms with E-state index in [2.05, 4.69) is 5.32 Å². The number of imide groups is 1. The van der Waals surface area contributed by atoms with Crippen molar-refractivity contribution in [3.05, 3.63) is 64.7 Å². The van der Waals surface area contributed by atoms with Gasteiger partial charge in [-0.1, -0.05) is 6.07 Å². The summed E-state index contributed by atoms with van der Waals surface area (Å²) in [7, 11) is 1.31. The van der Waals surface area contributed by atoms with Crippen molar-refractivity contribution in [2.24, 2.45) is 0 Å². The van der Waals surface area contributed by atoms with E-state index >= 15 is 0 Å². The fraction of sp³-hybridized carbons (Fsp3) is 0.200. The normalized spacial score (nSPS) is 14.4. The molecule has 30 heavy (non-hydrogen) atoms. The van der Waals surface area contributed by atoms with Crippen LogP contribution < -0.4 is 5.32 Å². The molecule has 0 aliphatic carbocycles. The van der Waals surface area contributed by atoms with Gasteiger partial charge in [0, 0.05) is 12.7 Å². The number of hydrogen-bond donors (Lipinski definition) is 1. The number of fused-ring (bicyclic) bond motifs is 1. The van der Waals surface area contributed by atoms with E-state index in [-0.39, 0.29) is 22.4 Å². The van der Waals surface area contributed by atoms with Gasteiger partial charge in [0.15, 0.2) is 6.10 Å². The van der Waals surface area contributed by atoms with Crippen molar-refractivity contribution in [3.8, 4) is 0 Å². The lowest BCUT2D eigenvalue weighted by Gasteiger charge is -2.15. The predicted molar refractivity (Wildman–Crippen MR) is 97.8 cm³/mol. The highest BCUT2D eigenvalue weighted by Crippen LogP contribution is 2.30. The molecule has 0 spiro atoms. The molecule has 7 nitrogen and oxygen atoms in total. The highest BCUT2D eigenvalue weighted by Gasteiger charge is 2.34. The number of hydrogen-bond acceptors (Lipinski definition) is 5. The molecule has 2 aromatic carbocycles. The zero-order valence-corrected chi connectivity index (χ0v) is 15.7. The molecule has 0 bridgehead atoms. The summed E-state index contributed by atoms with van der Waals surface area (Å²) in [6, 6.07) is 7.80. The molecule has 1 atom stereocenters. The summed E-state index contributed by atoms with van der Waals surface area (Å²) in [5.41, 5.74) is -0.911. The van der Waals surface area contributed by atoms with E-state index in [9.17, 15) is 32.3 Å². The highest BCUT2D eigenvalue weighted by atomic mass is 19.4. The highest BCUT2D eigenvalue weighted by molar-refractivity contribution is 6.21. The molecule has 1 N–H and O–H groups in total. The lowest BCUT2D eigenvalue weighted by molar-refractivity contribution is -0.137. The molecular formula is C20H15F3N2O5. The Morgan fingerprint density at radius 1 is 1.03 bits per heavy atom. The maximum Gasteiger partial charge on any atom is 0.416 e. The van der Waals surface area contributed by atoms with Gasteiger partial charge in [-0.2, -0.15) is 13.2 Å². The smallest absolute Gasteiger partial charge is 0.416 e. The van der Waals surface area contributed by atoms with E-state index in [0.717, 1.165) is 23.1 Å². The van der Waals surface area contributed by atoms with Gasteiger partial charge in [-0.15, -0.1) is 0 Å². The molecular weight excluding hydrogens is 405 g/mol. The van der Waals surface area contributed by atoms with Crippen molar-refractivity contribution in [1.29, 1.82) is 0 Å². The summed E-state index contributed by atoms with van der Waals surface area (Å²) in [5, 5.41) is 2.25. The number of rotatable bonds is 4. The number of benzene rings is 2. The van der Waals surface area contributed by atoms with Crippen LogP contribution in [0.2, 0.25) is 0 Å². The molecule has 0 saturated carbocycles. The lowest BCUT2D eigenvalue weighted by atomic mass is 10.1. The SMILES string of the molecule is CC(OC(=O)c1ccc2c(c1)C(=O)N(C)C2=O)C(=O)Nc1cccc(C(F)(F)F)c1. The minimum atomic E-state index is -4.57. The first kappa shape index (κ1) is 21.0. The largest absolute Gasteiger partial charge is 0.449 e. The minimum absolute atomic E-state index is 0.0398. The summed E-state index contributed by atoms with van der Waals surface area (Å²) in [4.78, 5) is 49.3. The minimum Gasteiger partial charge on any atom is -0.449 e. The Balaban J connectivity index is 1.69. The summed E-state index contributed by atoms with van der Waals surface area (Å²) in [5.74, 6) is -2.84. The summed E-state index contributed by atoms with van der Waals surface area (Å²) < 4.78 is 43.3. The van der Waals surface area contributed by atoms with Crippen LogP contribution in [0.4, 0.5) is 18.9 Å². The van der Waals surface area contributed by atoms with Crippen LogP contribution in [-0.4, -0.2) is 41.7 Å². The third-order valence-electron chi connectivity index (χ3n) is 4.44.